The van der Waals surface area contributed by atoms with Gasteiger partial charge in [0.05, 0.1) is 7.11 Å². The van der Waals surface area contributed by atoms with Crippen molar-refractivity contribution >= 4 is 12.4 Å². The molecule has 108 valence electrons. The molecule has 0 bridgehead atoms. The van der Waals surface area contributed by atoms with Gasteiger partial charge in [0.1, 0.15) is 18.1 Å². The molecule has 2 aromatic rings. The van der Waals surface area contributed by atoms with E-state index in [0.29, 0.717) is 6.61 Å². The van der Waals surface area contributed by atoms with Crippen LogP contribution in [0.5, 0.6) is 11.5 Å². The van der Waals surface area contributed by atoms with Crippen LogP contribution in [-0.2, 0) is 6.54 Å². The summed E-state index contributed by atoms with van der Waals surface area (Å²) >= 11 is 0. The fourth-order valence-corrected chi connectivity index (χ4v) is 1.74. The quantitative estimate of drug-likeness (QED) is 0.795. The molecule has 0 aliphatic rings. The summed E-state index contributed by atoms with van der Waals surface area (Å²) in [6.07, 6.45) is 0. The first-order valence-electron chi connectivity index (χ1n) is 6.40. The molecule has 2 aromatic carbocycles. The van der Waals surface area contributed by atoms with Crippen molar-refractivity contribution in [3.8, 4) is 11.5 Å². The molecule has 0 unspecified atom stereocenters. The van der Waals surface area contributed by atoms with Crippen LogP contribution in [0.2, 0.25) is 0 Å². The first-order chi connectivity index (χ1) is 9.38. The third-order valence-corrected chi connectivity index (χ3v) is 2.78. The van der Waals surface area contributed by atoms with E-state index in [1.54, 1.807) is 7.11 Å². The zero-order valence-electron chi connectivity index (χ0n) is 11.5. The van der Waals surface area contributed by atoms with Gasteiger partial charge in [0.25, 0.3) is 0 Å². The molecule has 0 aromatic heterocycles. The highest BCUT2D eigenvalue weighted by atomic mass is 35.5. The van der Waals surface area contributed by atoms with E-state index < -0.39 is 0 Å². The topological polar surface area (TPSA) is 30.5 Å². The van der Waals surface area contributed by atoms with Gasteiger partial charge in [0.2, 0.25) is 0 Å². The van der Waals surface area contributed by atoms with Gasteiger partial charge >= 0.3 is 0 Å². The molecule has 0 heterocycles. The van der Waals surface area contributed by atoms with E-state index >= 15 is 0 Å². The molecular weight excluding hydrogens is 274 g/mol. The molecular formula is C16H20ClNO2. The molecule has 4 heteroatoms. The maximum absolute atomic E-state index is 5.63. The molecule has 0 fully saturated rings. The second-order valence-electron chi connectivity index (χ2n) is 4.19. The van der Waals surface area contributed by atoms with E-state index in [4.69, 9.17) is 9.47 Å². The normalized spacial score (nSPS) is 9.65. The summed E-state index contributed by atoms with van der Waals surface area (Å²) < 4.78 is 10.7. The fraction of sp³-hybridized carbons (Fsp3) is 0.250. The van der Waals surface area contributed by atoms with Gasteiger partial charge in [-0.1, -0.05) is 30.3 Å². The molecule has 2 rings (SSSR count). The second kappa shape index (κ2) is 9.23. The van der Waals surface area contributed by atoms with E-state index in [2.05, 4.69) is 17.4 Å². The molecule has 3 nitrogen and oxygen atoms in total. The third-order valence-electron chi connectivity index (χ3n) is 2.78. The van der Waals surface area contributed by atoms with Crippen LogP contribution in [0.1, 0.15) is 5.56 Å². The highest BCUT2D eigenvalue weighted by Crippen LogP contribution is 2.16. The Morgan fingerprint density at radius 3 is 2.20 bits per heavy atom. The Labute approximate surface area is 126 Å². The van der Waals surface area contributed by atoms with Crippen LogP contribution in [0, 0.1) is 0 Å². The monoisotopic (exact) mass is 293 g/mol. The largest absolute Gasteiger partial charge is 0.497 e. The summed E-state index contributed by atoms with van der Waals surface area (Å²) in [5.74, 6) is 1.71. The van der Waals surface area contributed by atoms with E-state index in [9.17, 15) is 0 Å². The zero-order valence-corrected chi connectivity index (χ0v) is 12.4. The summed E-state index contributed by atoms with van der Waals surface area (Å²) in [5, 5.41) is 3.34. The third kappa shape index (κ3) is 5.51. The summed E-state index contributed by atoms with van der Waals surface area (Å²) in [6.45, 7) is 2.34. The molecule has 0 atom stereocenters. The van der Waals surface area contributed by atoms with Gasteiger partial charge < -0.3 is 14.8 Å². The molecule has 0 aliphatic carbocycles. The van der Waals surface area contributed by atoms with Crippen molar-refractivity contribution in [2.45, 2.75) is 6.54 Å². The van der Waals surface area contributed by atoms with Gasteiger partial charge in [-0.05, 0) is 29.8 Å². The highest BCUT2D eigenvalue weighted by molar-refractivity contribution is 5.85. The van der Waals surface area contributed by atoms with Crippen LogP contribution in [0.3, 0.4) is 0 Å². The smallest absolute Gasteiger partial charge is 0.119 e. The van der Waals surface area contributed by atoms with E-state index in [1.165, 1.54) is 5.56 Å². The Hall–Kier alpha value is -1.71. The summed E-state index contributed by atoms with van der Waals surface area (Å²) in [5.41, 5.74) is 1.28. The number of rotatable bonds is 7. The van der Waals surface area contributed by atoms with E-state index in [-0.39, 0.29) is 12.4 Å². The predicted molar refractivity (Wildman–Crippen MR) is 83.9 cm³/mol. The number of benzene rings is 2. The van der Waals surface area contributed by atoms with Crippen LogP contribution in [0.15, 0.2) is 54.6 Å². The number of nitrogens with one attached hydrogen (secondary N) is 1. The molecule has 1 N–H and O–H groups in total. The molecule has 0 radical (unpaired) electrons. The molecule has 20 heavy (non-hydrogen) atoms. The maximum atomic E-state index is 5.63. The molecule has 0 saturated carbocycles. The molecule has 0 saturated heterocycles. The number of ether oxygens (including phenoxy) is 2. The fourth-order valence-electron chi connectivity index (χ4n) is 1.74. The van der Waals surface area contributed by atoms with Crippen LogP contribution in [0.4, 0.5) is 0 Å². The van der Waals surface area contributed by atoms with Crippen molar-refractivity contribution in [1.82, 2.24) is 5.32 Å². The lowest BCUT2D eigenvalue weighted by molar-refractivity contribution is 0.313. The van der Waals surface area contributed by atoms with Gasteiger partial charge in [-0.2, -0.15) is 0 Å². The highest BCUT2D eigenvalue weighted by Gasteiger charge is 1.95. The predicted octanol–water partition coefficient (Wildman–Crippen LogP) is 3.29. The Morgan fingerprint density at radius 2 is 1.55 bits per heavy atom. The minimum Gasteiger partial charge on any atom is -0.497 e. The summed E-state index contributed by atoms with van der Waals surface area (Å²) in [7, 11) is 1.66. The number of hydrogen-bond acceptors (Lipinski definition) is 3. The van der Waals surface area contributed by atoms with Crippen molar-refractivity contribution < 1.29 is 9.47 Å². The Kier molecular flexibility index (Phi) is 7.55. The van der Waals surface area contributed by atoms with E-state index in [1.807, 2.05) is 42.5 Å². The van der Waals surface area contributed by atoms with Gasteiger partial charge in [0, 0.05) is 13.1 Å². The number of hydrogen-bond donors (Lipinski definition) is 1. The van der Waals surface area contributed by atoms with Gasteiger partial charge in [0.15, 0.2) is 0 Å². The summed E-state index contributed by atoms with van der Waals surface area (Å²) in [6, 6.07) is 18.0. The maximum Gasteiger partial charge on any atom is 0.119 e. The lowest BCUT2D eigenvalue weighted by Gasteiger charge is -2.08. The minimum absolute atomic E-state index is 0. The Balaban J connectivity index is 0.00000200. The van der Waals surface area contributed by atoms with Crippen molar-refractivity contribution in [3.63, 3.8) is 0 Å². The summed E-state index contributed by atoms with van der Waals surface area (Å²) in [4.78, 5) is 0. The zero-order chi connectivity index (χ0) is 13.3. The van der Waals surface area contributed by atoms with Crippen molar-refractivity contribution in [3.05, 3.63) is 60.2 Å². The van der Waals surface area contributed by atoms with E-state index in [0.717, 1.165) is 24.6 Å². The van der Waals surface area contributed by atoms with Gasteiger partial charge in [-0.3, -0.25) is 0 Å². The lowest BCUT2D eigenvalue weighted by Crippen LogP contribution is -2.20. The lowest BCUT2D eigenvalue weighted by atomic mass is 10.2. The minimum atomic E-state index is 0. The van der Waals surface area contributed by atoms with Crippen molar-refractivity contribution in [2.24, 2.45) is 0 Å². The van der Waals surface area contributed by atoms with Crippen LogP contribution < -0.4 is 14.8 Å². The number of methoxy groups -OCH3 is 1. The average molecular weight is 294 g/mol. The molecule has 0 aliphatic heterocycles. The first-order valence-corrected chi connectivity index (χ1v) is 6.40. The van der Waals surface area contributed by atoms with Crippen LogP contribution in [0.25, 0.3) is 0 Å². The average Bonchev–Trinajstić information content (AvgIpc) is 2.49. The molecule has 0 amide bonds. The van der Waals surface area contributed by atoms with Crippen molar-refractivity contribution in [2.75, 3.05) is 20.3 Å². The first kappa shape index (κ1) is 16.3. The molecule has 0 spiro atoms. The number of halogens is 1. The SMILES string of the molecule is COc1ccc(OCCNCc2ccccc2)cc1.Cl. The van der Waals surface area contributed by atoms with Crippen LogP contribution >= 0.6 is 12.4 Å². The second-order valence-corrected chi connectivity index (χ2v) is 4.19. The van der Waals surface area contributed by atoms with Gasteiger partial charge in [-0.15, -0.1) is 12.4 Å². The van der Waals surface area contributed by atoms with Crippen molar-refractivity contribution in [1.29, 1.82) is 0 Å². The van der Waals surface area contributed by atoms with Crippen LogP contribution in [-0.4, -0.2) is 20.3 Å². The van der Waals surface area contributed by atoms with Gasteiger partial charge in [-0.25, -0.2) is 0 Å². The Morgan fingerprint density at radius 1 is 0.900 bits per heavy atom. The standard InChI is InChI=1S/C16H19NO2.ClH/c1-18-15-7-9-16(10-8-15)19-12-11-17-13-14-5-3-2-4-6-14;/h2-10,17H,11-13H2,1H3;1H. The Bertz CT molecular complexity index is 474.